The van der Waals surface area contributed by atoms with Gasteiger partial charge in [-0.3, -0.25) is 10.4 Å². The third-order valence-electron chi connectivity index (χ3n) is 1.01. The fourth-order valence-electron chi connectivity index (χ4n) is 0.584. The molecule has 3 N–H and O–H groups in total. The first-order chi connectivity index (χ1) is 4.72. The van der Waals surface area contributed by atoms with Crippen LogP contribution >= 0.6 is 22.6 Å². The Morgan fingerprint density at radius 1 is 1.70 bits per heavy atom. The molecule has 52 valence electrons. The molecule has 1 aromatic heterocycles. The van der Waals surface area contributed by atoms with Crippen molar-refractivity contribution < 1.29 is 0 Å². The summed E-state index contributed by atoms with van der Waals surface area (Å²) in [4.78, 5) is 3.92. The van der Waals surface area contributed by atoms with E-state index in [0.29, 0.717) is 5.69 Å². The Morgan fingerprint density at radius 3 is 2.80 bits per heavy atom. The van der Waals surface area contributed by atoms with Gasteiger partial charge in [-0.15, -0.1) is 0 Å². The summed E-state index contributed by atoms with van der Waals surface area (Å²) < 4.78 is 0.910. The van der Waals surface area contributed by atoms with Gasteiger partial charge in [0.2, 0.25) is 0 Å². The van der Waals surface area contributed by atoms with Crippen molar-refractivity contribution in [1.29, 1.82) is 5.41 Å². The molecule has 0 aliphatic heterocycles. The highest BCUT2D eigenvalue weighted by Crippen LogP contribution is 2.06. The van der Waals surface area contributed by atoms with Gasteiger partial charge in [0.25, 0.3) is 0 Å². The number of halogens is 1. The Kier molecular flexibility index (Phi) is 2.21. The molecule has 0 atom stereocenters. The first-order valence-corrected chi connectivity index (χ1v) is 3.74. The Hall–Kier alpha value is -0.650. The molecule has 1 rings (SSSR count). The van der Waals surface area contributed by atoms with Crippen LogP contribution in [0.15, 0.2) is 18.3 Å². The molecule has 0 saturated carbocycles. The van der Waals surface area contributed by atoms with Crippen LogP contribution in [0.1, 0.15) is 5.69 Å². The summed E-state index contributed by atoms with van der Waals surface area (Å²) in [6.45, 7) is 0. The second-order valence-electron chi connectivity index (χ2n) is 1.75. The van der Waals surface area contributed by atoms with Crippen LogP contribution in [0.25, 0.3) is 0 Å². The van der Waals surface area contributed by atoms with Crippen molar-refractivity contribution in [3.05, 3.63) is 27.6 Å². The molecule has 4 heteroatoms. The van der Waals surface area contributed by atoms with Crippen LogP contribution in [0.3, 0.4) is 0 Å². The number of pyridine rings is 1. The zero-order valence-electron chi connectivity index (χ0n) is 5.13. The summed E-state index contributed by atoms with van der Waals surface area (Å²) in [7, 11) is 0. The van der Waals surface area contributed by atoms with Gasteiger partial charge in [0, 0.05) is 9.77 Å². The summed E-state index contributed by atoms with van der Waals surface area (Å²) in [6.07, 6.45) is 1.62. The number of amidine groups is 1. The second kappa shape index (κ2) is 2.96. The van der Waals surface area contributed by atoms with E-state index in [9.17, 15) is 0 Å². The lowest BCUT2D eigenvalue weighted by atomic mass is 10.3. The molecule has 1 aromatic rings. The van der Waals surface area contributed by atoms with E-state index in [2.05, 4.69) is 27.6 Å². The van der Waals surface area contributed by atoms with Gasteiger partial charge in [0.05, 0.1) is 0 Å². The van der Waals surface area contributed by atoms with Crippen molar-refractivity contribution in [2.45, 2.75) is 0 Å². The first kappa shape index (κ1) is 7.46. The van der Waals surface area contributed by atoms with Crippen LogP contribution < -0.4 is 5.73 Å². The van der Waals surface area contributed by atoms with Crippen molar-refractivity contribution in [2.24, 2.45) is 5.73 Å². The smallest absolute Gasteiger partial charge is 0.142 e. The molecular weight excluding hydrogens is 241 g/mol. The van der Waals surface area contributed by atoms with E-state index in [1.54, 1.807) is 6.20 Å². The molecule has 1 heterocycles. The van der Waals surface area contributed by atoms with E-state index < -0.39 is 0 Å². The van der Waals surface area contributed by atoms with Crippen molar-refractivity contribution >= 4 is 28.4 Å². The van der Waals surface area contributed by atoms with E-state index in [4.69, 9.17) is 11.1 Å². The minimum atomic E-state index is 0.0185. The largest absolute Gasteiger partial charge is 0.382 e. The van der Waals surface area contributed by atoms with Crippen LogP contribution in [0.2, 0.25) is 0 Å². The van der Waals surface area contributed by atoms with Crippen LogP contribution in [-0.4, -0.2) is 10.8 Å². The number of hydrogen-bond acceptors (Lipinski definition) is 2. The van der Waals surface area contributed by atoms with E-state index in [-0.39, 0.29) is 5.84 Å². The highest BCUT2D eigenvalue weighted by atomic mass is 127. The molecule has 0 aliphatic rings. The zero-order chi connectivity index (χ0) is 7.56. The van der Waals surface area contributed by atoms with E-state index in [1.165, 1.54) is 0 Å². The first-order valence-electron chi connectivity index (χ1n) is 2.66. The minimum Gasteiger partial charge on any atom is -0.382 e. The standard InChI is InChI=1S/C6H6IN3/c7-4-2-1-3-10-5(4)6(8)9/h1-3H,(H3,8,9). The van der Waals surface area contributed by atoms with Gasteiger partial charge in [-0.05, 0) is 34.7 Å². The Labute approximate surface area is 72.3 Å². The molecule has 0 fully saturated rings. The fourth-order valence-corrected chi connectivity index (χ4v) is 1.22. The van der Waals surface area contributed by atoms with Crippen molar-refractivity contribution in [3.63, 3.8) is 0 Å². The molecule has 0 radical (unpaired) electrons. The topological polar surface area (TPSA) is 62.8 Å². The lowest BCUT2D eigenvalue weighted by molar-refractivity contribution is 1.24. The SMILES string of the molecule is N=C(N)c1ncccc1I. The van der Waals surface area contributed by atoms with Gasteiger partial charge < -0.3 is 5.73 Å². The lowest BCUT2D eigenvalue weighted by Gasteiger charge is -1.97. The van der Waals surface area contributed by atoms with Gasteiger partial charge in [-0.2, -0.15) is 0 Å². The number of nitrogens with zero attached hydrogens (tertiary/aromatic N) is 1. The molecule has 0 aliphatic carbocycles. The molecule has 0 spiro atoms. The maximum absolute atomic E-state index is 7.09. The van der Waals surface area contributed by atoms with Crippen molar-refractivity contribution in [2.75, 3.05) is 0 Å². The van der Waals surface area contributed by atoms with Gasteiger partial charge in [-0.25, -0.2) is 0 Å². The predicted octanol–water partition coefficient (Wildman–Crippen LogP) is 0.970. The average Bonchev–Trinajstić information content (AvgIpc) is 1.88. The summed E-state index contributed by atoms with van der Waals surface area (Å²) >= 11 is 2.09. The maximum Gasteiger partial charge on any atom is 0.142 e. The molecule has 3 nitrogen and oxygen atoms in total. The van der Waals surface area contributed by atoms with Gasteiger partial charge in [0.15, 0.2) is 0 Å². The predicted molar refractivity (Wildman–Crippen MR) is 48.0 cm³/mol. The second-order valence-corrected chi connectivity index (χ2v) is 2.91. The molecule has 0 amide bonds. The number of nitrogens with one attached hydrogen (secondary N) is 1. The third-order valence-corrected chi connectivity index (χ3v) is 1.88. The normalized spacial score (nSPS) is 9.30. The van der Waals surface area contributed by atoms with Crippen molar-refractivity contribution in [3.8, 4) is 0 Å². The fraction of sp³-hybridized carbons (Fsp3) is 0. The van der Waals surface area contributed by atoms with Gasteiger partial charge in [0.1, 0.15) is 11.5 Å². The molecule has 0 unspecified atom stereocenters. The third kappa shape index (κ3) is 1.44. The Balaban J connectivity index is 3.15. The molecule has 10 heavy (non-hydrogen) atoms. The number of aromatic nitrogens is 1. The van der Waals surface area contributed by atoms with E-state index in [0.717, 1.165) is 3.57 Å². The molecule has 0 bridgehead atoms. The quantitative estimate of drug-likeness (QED) is 0.441. The average molecular weight is 247 g/mol. The van der Waals surface area contributed by atoms with Crippen LogP contribution in [0.5, 0.6) is 0 Å². The lowest BCUT2D eigenvalue weighted by Crippen LogP contribution is -2.14. The maximum atomic E-state index is 7.09. The number of hydrogen-bond donors (Lipinski definition) is 2. The van der Waals surface area contributed by atoms with Crippen LogP contribution in [0.4, 0.5) is 0 Å². The van der Waals surface area contributed by atoms with E-state index >= 15 is 0 Å². The number of rotatable bonds is 1. The monoisotopic (exact) mass is 247 g/mol. The van der Waals surface area contributed by atoms with Gasteiger partial charge >= 0.3 is 0 Å². The molecular formula is C6H6IN3. The van der Waals surface area contributed by atoms with Crippen molar-refractivity contribution in [1.82, 2.24) is 4.98 Å². The molecule has 0 saturated heterocycles. The highest BCUT2D eigenvalue weighted by molar-refractivity contribution is 14.1. The van der Waals surface area contributed by atoms with Crippen LogP contribution in [0, 0.1) is 8.98 Å². The summed E-state index contributed by atoms with van der Waals surface area (Å²) in [5.41, 5.74) is 5.79. The number of nitrogen functional groups attached to an aromatic ring is 1. The highest BCUT2D eigenvalue weighted by Gasteiger charge is 2.00. The summed E-state index contributed by atoms with van der Waals surface area (Å²) in [5.74, 6) is 0.0185. The van der Waals surface area contributed by atoms with E-state index in [1.807, 2.05) is 12.1 Å². The summed E-state index contributed by atoms with van der Waals surface area (Å²) in [5, 5.41) is 7.09. The van der Waals surface area contributed by atoms with Gasteiger partial charge in [-0.1, -0.05) is 0 Å². The Morgan fingerprint density at radius 2 is 2.40 bits per heavy atom. The van der Waals surface area contributed by atoms with Crippen LogP contribution in [-0.2, 0) is 0 Å². The summed E-state index contributed by atoms with van der Waals surface area (Å²) in [6, 6.07) is 3.68. The number of nitrogens with two attached hydrogens (primary N) is 1. The minimum absolute atomic E-state index is 0.0185. The zero-order valence-corrected chi connectivity index (χ0v) is 7.29. The Bertz CT molecular complexity index is 259. The molecule has 0 aromatic carbocycles.